The summed E-state index contributed by atoms with van der Waals surface area (Å²) in [5, 5.41) is 0. The van der Waals surface area contributed by atoms with Gasteiger partial charge in [-0.15, -0.1) is 0 Å². The second-order valence-electron chi connectivity index (χ2n) is 4.86. The molecule has 1 aliphatic rings. The van der Waals surface area contributed by atoms with Gasteiger partial charge >= 0.3 is 0 Å². The molecule has 3 heteroatoms. The fourth-order valence-corrected chi connectivity index (χ4v) is 2.68. The molecule has 0 atom stereocenters. The topological polar surface area (TPSA) is 34.9 Å². The lowest BCUT2D eigenvalue weighted by molar-refractivity contribution is 0.0972. The summed E-state index contributed by atoms with van der Waals surface area (Å²) < 4.78 is 2.27. The number of aryl methyl sites for hydroxylation is 1. The zero-order valence-corrected chi connectivity index (χ0v) is 10.5. The number of fused-ring (bicyclic) bond motifs is 1. The Balaban J connectivity index is 2.00. The fourth-order valence-electron chi connectivity index (χ4n) is 2.68. The molecule has 0 fully saturated rings. The first-order chi connectivity index (χ1) is 8.75. The zero-order chi connectivity index (χ0) is 12.5. The van der Waals surface area contributed by atoms with Crippen molar-refractivity contribution in [3.63, 3.8) is 0 Å². The van der Waals surface area contributed by atoms with Gasteiger partial charge in [0.15, 0.2) is 5.78 Å². The Labute approximate surface area is 106 Å². The van der Waals surface area contributed by atoms with Crippen LogP contribution in [0.1, 0.15) is 40.2 Å². The fraction of sp³-hybridized carbons (Fsp3) is 0.333. The molecule has 0 saturated carbocycles. The van der Waals surface area contributed by atoms with Crippen LogP contribution in [0, 0.1) is 6.92 Å². The summed E-state index contributed by atoms with van der Waals surface area (Å²) in [5.41, 5.74) is 4.55. The number of hydrogen-bond donors (Lipinski definition) is 0. The van der Waals surface area contributed by atoms with Gasteiger partial charge in [-0.05, 0) is 43.5 Å². The average Bonchev–Trinajstić information content (AvgIpc) is 2.70. The maximum atomic E-state index is 11.9. The highest BCUT2D eigenvalue weighted by Crippen LogP contribution is 2.25. The first kappa shape index (κ1) is 11.2. The first-order valence-electron chi connectivity index (χ1n) is 6.37. The first-order valence-corrected chi connectivity index (χ1v) is 6.37. The van der Waals surface area contributed by atoms with E-state index in [9.17, 15) is 4.79 Å². The minimum atomic E-state index is 0.299. The van der Waals surface area contributed by atoms with Crippen molar-refractivity contribution in [3.8, 4) is 0 Å². The lowest BCUT2D eigenvalue weighted by Gasteiger charge is -2.16. The van der Waals surface area contributed by atoms with E-state index in [0.717, 1.165) is 24.9 Å². The molecule has 0 saturated heterocycles. The highest BCUT2D eigenvalue weighted by Gasteiger charge is 2.22. The largest absolute Gasteiger partial charge is 0.344 e. The molecular weight excluding hydrogens is 224 g/mol. The Bertz CT molecular complexity index is 584. The van der Waals surface area contributed by atoms with Crippen molar-refractivity contribution in [3.05, 3.63) is 53.1 Å². The number of nitrogens with zero attached hydrogens (tertiary/aromatic N) is 2. The zero-order valence-electron chi connectivity index (χ0n) is 10.5. The number of carbonyl (C=O) groups is 1. The van der Waals surface area contributed by atoms with Gasteiger partial charge in [-0.3, -0.25) is 9.78 Å². The van der Waals surface area contributed by atoms with Crippen LogP contribution in [0.2, 0.25) is 0 Å². The SMILES string of the molecule is Cc1cc2c(n1Cc1ccncc1)CCCC2=O. The van der Waals surface area contributed by atoms with Gasteiger partial charge in [0.25, 0.3) is 0 Å². The van der Waals surface area contributed by atoms with E-state index in [1.165, 1.54) is 17.0 Å². The molecular formula is C15H16N2O. The molecule has 2 heterocycles. The summed E-state index contributed by atoms with van der Waals surface area (Å²) in [6, 6.07) is 6.09. The van der Waals surface area contributed by atoms with Crippen LogP contribution in [0.25, 0.3) is 0 Å². The van der Waals surface area contributed by atoms with Gasteiger partial charge in [0.1, 0.15) is 0 Å². The Morgan fingerprint density at radius 2 is 2.06 bits per heavy atom. The molecule has 0 spiro atoms. The Kier molecular flexibility index (Phi) is 2.74. The van der Waals surface area contributed by atoms with E-state index >= 15 is 0 Å². The van der Waals surface area contributed by atoms with E-state index in [4.69, 9.17) is 0 Å². The third-order valence-electron chi connectivity index (χ3n) is 3.62. The van der Waals surface area contributed by atoms with Crippen LogP contribution in [0.5, 0.6) is 0 Å². The monoisotopic (exact) mass is 240 g/mol. The Morgan fingerprint density at radius 1 is 1.28 bits per heavy atom. The highest BCUT2D eigenvalue weighted by atomic mass is 16.1. The Hall–Kier alpha value is -1.90. The van der Waals surface area contributed by atoms with E-state index in [0.29, 0.717) is 12.2 Å². The van der Waals surface area contributed by atoms with Gasteiger partial charge < -0.3 is 4.57 Å². The highest BCUT2D eigenvalue weighted by molar-refractivity contribution is 5.98. The quantitative estimate of drug-likeness (QED) is 0.809. The molecule has 0 bridgehead atoms. The van der Waals surface area contributed by atoms with Crippen LogP contribution >= 0.6 is 0 Å². The van der Waals surface area contributed by atoms with E-state index in [-0.39, 0.29) is 0 Å². The molecule has 0 aliphatic heterocycles. The Morgan fingerprint density at radius 3 is 2.83 bits per heavy atom. The molecule has 2 aromatic heterocycles. The smallest absolute Gasteiger partial charge is 0.164 e. The second-order valence-corrected chi connectivity index (χ2v) is 4.86. The number of carbonyl (C=O) groups excluding carboxylic acids is 1. The molecule has 0 N–H and O–H groups in total. The minimum absolute atomic E-state index is 0.299. The summed E-state index contributed by atoms with van der Waals surface area (Å²) in [6.45, 7) is 2.91. The summed E-state index contributed by atoms with van der Waals surface area (Å²) in [5.74, 6) is 0.299. The number of Topliss-reactive ketones (excluding diaryl/α,β-unsaturated/α-hetero) is 1. The summed E-state index contributed by atoms with van der Waals surface area (Å²) in [4.78, 5) is 15.9. The van der Waals surface area contributed by atoms with Crippen LogP contribution in [0.15, 0.2) is 30.6 Å². The van der Waals surface area contributed by atoms with Crippen molar-refractivity contribution in [1.82, 2.24) is 9.55 Å². The van der Waals surface area contributed by atoms with Crippen LogP contribution < -0.4 is 0 Å². The average molecular weight is 240 g/mol. The lowest BCUT2D eigenvalue weighted by atomic mass is 9.96. The van der Waals surface area contributed by atoms with Crippen LogP contribution in [-0.2, 0) is 13.0 Å². The van der Waals surface area contributed by atoms with E-state index in [1.54, 1.807) is 0 Å². The molecule has 0 radical (unpaired) electrons. The van der Waals surface area contributed by atoms with Gasteiger partial charge in [0.2, 0.25) is 0 Å². The summed E-state index contributed by atoms with van der Waals surface area (Å²) in [7, 11) is 0. The normalized spacial score (nSPS) is 14.6. The predicted molar refractivity (Wildman–Crippen MR) is 69.8 cm³/mol. The van der Waals surface area contributed by atoms with Crippen LogP contribution in [0.4, 0.5) is 0 Å². The van der Waals surface area contributed by atoms with Gasteiger partial charge in [-0.2, -0.15) is 0 Å². The molecule has 0 unspecified atom stereocenters. The van der Waals surface area contributed by atoms with Gasteiger partial charge in [-0.1, -0.05) is 0 Å². The molecule has 92 valence electrons. The molecule has 3 nitrogen and oxygen atoms in total. The van der Waals surface area contributed by atoms with Crippen molar-refractivity contribution < 1.29 is 4.79 Å². The van der Waals surface area contributed by atoms with Gasteiger partial charge in [-0.25, -0.2) is 0 Å². The number of pyridine rings is 1. The number of hydrogen-bond acceptors (Lipinski definition) is 2. The van der Waals surface area contributed by atoms with Crippen molar-refractivity contribution in [2.75, 3.05) is 0 Å². The molecule has 2 aromatic rings. The van der Waals surface area contributed by atoms with Gasteiger partial charge in [0, 0.05) is 42.3 Å². The summed E-state index contributed by atoms with van der Waals surface area (Å²) in [6.07, 6.45) is 6.31. The van der Waals surface area contributed by atoms with Crippen LogP contribution in [-0.4, -0.2) is 15.3 Å². The molecule has 1 aliphatic carbocycles. The molecule has 0 amide bonds. The van der Waals surface area contributed by atoms with E-state index < -0.39 is 0 Å². The lowest BCUT2D eigenvalue weighted by Crippen LogP contribution is -2.14. The third-order valence-corrected chi connectivity index (χ3v) is 3.62. The molecule has 0 aromatic carbocycles. The van der Waals surface area contributed by atoms with E-state index in [1.807, 2.05) is 30.6 Å². The standard InChI is InChI=1S/C15H16N2O/c1-11-9-13-14(3-2-4-15(13)18)17(11)10-12-5-7-16-8-6-12/h5-9H,2-4,10H2,1H3. The van der Waals surface area contributed by atoms with E-state index in [2.05, 4.69) is 16.5 Å². The minimum Gasteiger partial charge on any atom is -0.344 e. The predicted octanol–water partition coefficient (Wildman–Crippen LogP) is 2.76. The van der Waals surface area contributed by atoms with Crippen molar-refractivity contribution >= 4 is 5.78 Å². The maximum Gasteiger partial charge on any atom is 0.164 e. The van der Waals surface area contributed by atoms with Gasteiger partial charge in [0.05, 0.1) is 0 Å². The van der Waals surface area contributed by atoms with Crippen molar-refractivity contribution in [1.29, 1.82) is 0 Å². The number of rotatable bonds is 2. The molecule has 3 rings (SSSR count). The van der Waals surface area contributed by atoms with Crippen molar-refractivity contribution in [2.24, 2.45) is 0 Å². The third kappa shape index (κ3) is 1.86. The molecule has 18 heavy (non-hydrogen) atoms. The maximum absolute atomic E-state index is 11.9. The second kappa shape index (κ2) is 4.41. The number of ketones is 1. The van der Waals surface area contributed by atoms with Crippen molar-refractivity contribution in [2.45, 2.75) is 32.7 Å². The number of aromatic nitrogens is 2. The summed E-state index contributed by atoms with van der Waals surface area (Å²) >= 11 is 0. The van der Waals surface area contributed by atoms with Crippen LogP contribution in [0.3, 0.4) is 0 Å².